The zero-order valence-electron chi connectivity index (χ0n) is 13.9. The number of aryl methyl sites for hydroxylation is 2. The van der Waals surface area contributed by atoms with E-state index in [1.807, 2.05) is 18.2 Å². The van der Waals surface area contributed by atoms with E-state index >= 15 is 0 Å². The number of esters is 1. The molecule has 2 aromatic rings. The van der Waals surface area contributed by atoms with Crippen molar-refractivity contribution < 1.29 is 18.7 Å². The van der Waals surface area contributed by atoms with Gasteiger partial charge in [0.2, 0.25) is 0 Å². The molecule has 0 radical (unpaired) electrons. The van der Waals surface area contributed by atoms with Gasteiger partial charge in [0, 0.05) is 0 Å². The molecule has 5 nitrogen and oxygen atoms in total. The van der Waals surface area contributed by atoms with E-state index in [0.717, 1.165) is 24.8 Å². The molecule has 0 unspecified atom stereocenters. The van der Waals surface area contributed by atoms with Gasteiger partial charge in [-0.2, -0.15) is 0 Å². The maximum Gasteiger partial charge on any atom is 0.342 e. The fourth-order valence-electron chi connectivity index (χ4n) is 3.07. The third-order valence-corrected chi connectivity index (χ3v) is 4.42. The van der Waals surface area contributed by atoms with E-state index in [2.05, 4.69) is 11.4 Å². The number of rotatable bonds is 4. The Morgan fingerprint density at radius 2 is 2.08 bits per heavy atom. The van der Waals surface area contributed by atoms with E-state index in [4.69, 9.17) is 9.15 Å². The Balaban J connectivity index is 1.63. The van der Waals surface area contributed by atoms with Gasteiger partial charge in [-0.05, 0) is 50.3 Å². The van der Waals surface area contributed by atoms with E-state index < -0.39 is 12.1 Å². The summed E-state index contributed by atoms with van der Waals surface area (Å²) < 4.78 is 10.3. The van der Waals surface area contributed by atoms with Gasteiger partial charge in [0.05, 0.1) is 12.3 Å². The molecule has 3 rings (SSSR count). The van der Waals surface area contributed by atoms with Crippen molar-refractivity contribution >= 4 is 11.9 Å². The van der Waals surface area contributed by atoms with Gasteiger partial charge in [-0.25, -0.2) is 4.79 Å². The van der Waals surface area contributed by atoms with Crippen molar-refractivity contribution in [2.24, 2.45) is 0 Å². The number of furan rings is 1. The van der Waals surface area contributed by atoms with Crippen LogP contribution in [0.3, 0.4) is 0 Å². The maximum absolute atomic E-state index is 12.4. The van der Waals surface area contributed by atoms with Gasteiger partial charge in [0.15, 0.2) is 6.10 Å². The first-order chi connectivity index (χ1) is 11.6. The van der Waals surface area contributed by atoms with Crippen LogP contribution in [0.4, 0.5) is 0 Å². The van der Waals surface area contributed by atoms with Gasteiger partial charge in [-0.1, -0.05) is 24.3 Å². The van der Waals surface area contributed by atoms with E-state index in [1.165, 1.54) is 11.8 Å². The van der Waals surface area contributed by atoms with Crippen LogP contribution in [-0.4, -0.2) is 18.0 Å². The fourth-order valence-corrected chi connectivity index (χ4v) is 3.07. The third-order valence-electron chi connectivity index (χ3n) is 4.42. The molecule has 1 aliphatic carbocycles. The third kappa shape index (κ3) is 3.35. The molecule has 0 saturated heterocycles. The highest BCUT2D eigenvalue weighted by Gasteiger charge is 2.26. The van der Waals surface area contributed by atoms with Crippen molar-refractivity contribution in [3.63, 3.8) is 0 Å². The largest absolute Gasteiger partial charge is 0.469 e. The smallest absolute Gasteiger partial charge is 0.342 e. The molecule has 126 valence electrons. The molecular formula is C19H21NO4. The van der Waals surface area contributed by atoms with E-state index in [9.17, 15) is 9.59 Å². The SMILES string of the molecule is Cc1occc1C(=O)O[C@H](C)C(=O)N[C@H]1CCCc2ccccc21. The van der Waals surface area contributed by atoms with Gasteiger partial charge in [-0.3, -0.25) is 4.79 Å². The van der Waals surface area contributed by atoms with Crippen molar-refractivity contribution in [2.75, 3.05) is 0 Å². The summed E-state index contributed by atoms with van der Waals surface area (Å²) in [6.07, 6.45) is 3.53. The average molecular weight is 327 g/mol. The molecule has 0 fully saturated rings. The second kappa shape index (κ2) is 6.91. The molecule has 5 heteroatoms. The van der Waals surface area contributed by atoms with E-state index in [-0.39, 0.29) is 11.9 Å². The summed E-state index contributed by atoms with van der Waals surface area (Å²) in [5.74, 6) is -0.354. The first kappa shape index (κ1) is 16.3. The van der Waals surface area contributed by atoms with Gasteiger partial charge >= 0.3 is 5.97 Å². The van der Waals surface area contributed by atoms with E-state index in [0.29, 0.717) is 11.3 Å². The lowest BCUT2D eigenvalue weighted by molar-refractivity contribution is -0.130. The van der Waals surface area contributed by atoms with Crippen molar-refractivity contribution in [1.29, 1.82) is 0 Å². The van der Waals surface area contributed by atoms with Gasteiger partial charge in [0.25, 0.3) is 5.91 Å². The number of hydrogen-bond donors (Lipinski definition) is 1. The lowest BCUT2D eigenvalue weighted by atomic mass is 9.87. The first-order valence-electron chi connectivity index (χ1n) is 8.19. The molecule has 0 spiro atoms. The molecule has 0 saturated carbocycles. The molecule has 1 amide bonds. The number of fused-ring (bicyclic) bond motifs is 1. The van der Waals surface area contributed by atoms with Crippen LogP contribution in [0.2, 0.25) is 0 Å². The van der Waals surface area contributed by atoms with Crippen LogP contribution in [0.25, 0.3) is 0 Å². The second-order valence-electron chi connectivity index (χ2n) is 6.09. The zero-order chi connectivity index (χ0) is 17.1. The van der Waals surface area contributed by atoms with Crippen molar-refractivity contribution in [2.45, 2.75) is 45.3 Å². The average Bonchev–Trinajstić information content (AvgIpc) is 3.01. The summed E-state index contributed by atoms with van der Waals surface area (Å²) in [5, 5.41) is 3.00. The molecule has 1 aromatic heterocycles. The number of carbonyl (C=O) groups excluding carboxylic acids is 2. The Hall–Kier alpha value is -2.56. The minimum atomic E-state index is -0.860. The van der Waals surface area contributed by atoms with Crippen LogP contribution in [0, 0.1) is 6.92 Å². The quantitative estimate of drug-likeness (QED) is 0.875. The van der Waals surface area contributed by atoms with Gasteiger partial charge < -0.3 is 14.5 Å². The molecule has 1 aliphatic rings. The number of benzene rings is 1. The molecule has 0 bridgehead atoms. The summed E-state index contributed by atoms with van der Waals surface area (Å²) in [6.45, 7) is 3.26. The molecule has 24 heavy (non-hydrogen) atoms. The highest BCUT2D eigenvalue weighted by atomic mass is 16.5. The Kier molecular flexibility index (Phi) is 4.69. The number of nitrogens with one attached hydrogen (secondary N) is 1. The minimum Gasteiger partial charge on any atom is -0.469 e. The van der Waals surface area contributed by atoms with Gasteiger partial charge in [-0.15, -0.1) is 0 Å². The van der Waals surface area contributed by atoms with Crippen molar-refractivity contribution in [1.82, 2.24) is 5.32 Å². The Bertz CT molecular complexity index is 749. The van der Waals surface area contributed by atoms with Crippen LogP contribution in [0.5, 0.6) is 0 Å². The summed E-state index contributed by atoms with van der Waals surface area (Å²) in [5.41, 5.74) is 2.77. The summed E-state index contributed by atoms with van der Waals surface area (Å²) >= 11 is 0. The van der Waals surface area contributed by atoms with E-state index in [1.54, 1.807) is 19.9 Å². The topological polar surface area (TPSA) is 68.5 Å². The Labute approximate surface area is 141 Å². The number of carbonyl (C=O) groups is 2. The van der Waals surface area contributed by atoms with Crippen LogP contribution in [0.15, 0.2) is 41.0 Å². The highest BCUT2D eigenvalue weighted by molar-refractivity contribution is 5.93. The first-order valence-corrected chi connectivity index (χ1v) is 8.19. The summed E-state index contributed by atoms with van der Waals surface area (Å²) in [6, 6.07) is 9.65. The fraction of sp³-hybridized carbons (Fsp3) is 0.368. The van der Waals surface area contributed by atoms with Crippen LogP contribution < -0.4 is 5.32 Å². The molecular weight excluding hydrogens is 306 g/mol. The Morgan fingerprint density at radius 3 is 2.83 bits per heavy atom. The normalized spacial score (nSPS) is 17.7. The van der Waals surface area contributed by atoms with Crippen molar-refractivity contribution in [3.8, 4) is 0 Å². The number of ether oxygens (including phenoxy) is 1. The molecule has 0 aliphatic heterocycles. The predicted octanol–water partition coefficient (Wildman–Crippen LogP) is 3.33. The lowest BCUT2D eigenvalue weighted by Crippen LogP contribution is -2.39. The monoisotopic (exact) mass is 327 g/mol. The predicted molar refractivity (Wildman–Crippen MR) is 88.6 cm³/mol. The molecule has 1 N–H and O–H groups in total. The van der Waals surface area contributed by atoms with Crippen LogP contribution in [-0.2, 0) is 16.0 Å². The molecule has 2 atom stereocenters. The lowest BCUT2D eigenvalue weighted by Gasteiger charge is -2.27. The minimum absolute atomic E-state index is 0.0285. The standard InChI is InChI=1S/C19H21NO4/c1-12-15(10-11-23-12)19(22)24-13(2)18(21)20-17-9-5-7-14-6-3-4-8-16(14)17/h3-4,6,8,10-11,13,17H,5,7,9H2,1-2H3,(H,20,21)/t13-,17+/m1/s1. The van der Waals surface area contributed by atoms with Crippen molar-refractivity contribution in [3.05, 3.63) is 59.0 Å². The number of hydrogen-bond acceptors (Lipinski definition) is 4. The van der Waals surface area contributed by atoms with Crippen LogP contribution in [0.1, 0.15) is 53.1 Å². The second-order valence-corrected chi connectivity index (χ2v) is 6.09. The van der Waals surface area contributed by atoms with Gasteiger partial charge in [0.1, 0.15) is 11.3 Å². The Morgan fingerprint density at radius 1 is 1.29 bits per heavy atom. The summed E-state index contributed by atoms with van der Waals surface area (Å²) in [7, 11) is 0. The highest BCUT2D eigenvalue weighted by Crippen LogP contribution is 2.29. The maximum atomic E-state index is 12.4. The van der Waals surface area contributed by atoms with Crippen LogP contribution >= 0.6 is 0 Å². The zero-order valence-corrected chi connectivity index (χ0v) is 13.9. The molecule has 1 aromatic carbocycles. The number of amides is 1. The molecule has 1 heterocycles. The summed E-state index contributed by atoms with van der Waals surface area (Å²) in [4.78, 5) is 24.5.